The topological polar surface area (TPSA) is 18.5 Å². The highest BCUT2D eigenvalue weighted by Gasteiger charge is 2.34. The Morgan fingerprint density at radius 1 is 0.552 bits per heavy atom. The summed E-state index contributed by atoms with van der Waals surface area (Å²) in [5.74, 6) is -3.40. The van der Waals surface area contributed by atoms with Crippen LogP contribution in [0.4, 0.5) is 43.9 Å². The fourth-order valence-corrected chi connectivity index (χ4v) is 10.9. The molecule has 2 aromatic heterocycles. The first-order chi connectivity index (χ1) is 27.6. The molecular weight excluding hydrogens is 815 g/mol. The molecule has 0 N–H and O–H groups in total. The molecule has 0 amide bonds. The SMILES string of the molecule is CCCC1CC=C(c2ccc3c(sc4c(F)c(OC(F)(F)F)ccc43)c2F)CC1.CCCC1CCC(c2ccc3c(sc4c(F)c(OC(F)(F)F)ccc43)c2F)CC1. The lowest BCUT2D eigenvalue weighted by Crippen LogP contribution is -2.17. The summed E-state index contributed by atoms with van der Waals surface area (Å²) in [5.41, 5.74) is 2.06. The van der Waals surface area contributed by atoms with Gasteiger partial charge in [0.25, 0.3) is 0 Å². The van der Waals surface area contributed by atoms with E-state index in [9.17, 15) is 35.1 Å². The molecule has 0 spiro atoms. The van der Waals surface area contributed by atoms with Crippen molar-refractivity contribution < 1.29 is 53.4 Å². The minimum atomic E-state index is -4.99. The van der Waals surface area contributed by atoms with Crippen molar-refractivity contribution in [3.63, 3.8) is 0 Å². The van der Waals surface area contributed by atoms with E-state index >= 15 is 8.78 Å². The molecule has 1 fully saturated rings. The number of fused-ring (bicyclic) bond motifs is 6. The van der Waals surface area contributed by atoms with Crippen molar-refractivity contribution in [1.29, 1.82) is 0 Å². The minimum Gasteiger partial charge on any atom is -0.403 e. The number of hydrogen-bond acceptors (Lipinski definition) is 4. The number of ether oxygens (including phenoxy) is 2. The minimum absolute atomic E-state index is 0.0237. The fourth-order valence-electron chi connectivity index (χ4n) is 8.60. The number of halogens is 10. The van der Waals surface area contributed by atoms with Crippen molar-refractivity contribution in [1.82, 2.24) is 0 Å². The van der Waals surface area contributed by atoms with Crippen LogP contribution in [0, 0.1) is 35.1 Å². The summed E-state index contributed by atoms with van der Waals surface area (Å²) >= 11 is 1.66. The summed E-state index contributed by atoms with van der Waals surface area (Å²) in [7, 11) is 0. The van der Waals surface area contributed by atoms with E-state index in [4.69, 9.17) is 0 Å². The van der Waals surface area contributed by atoms with Gasteiger partial charge in [-0.1, -0.05) is 69.9 Å². The van der Waals surface area contributed by atoms with E-state index in [2.05, 4.69) is 29.4 Å². The Bertz CT molecular complexity index is 2470. The molecule has 0 bridgehead atoms. The third-order valence-electron chi connectivity index (χ3n) is 11.3. The molecule has 0 radical (unpaired) electrons. The van der Waals surface area contributed by atoms with Crippen LogP contribution in [0.25, 0.3) is 45.9 Å². The first kappa shape index (κ1) is 42.1. The molecule has 6 aromatic rings. The van der Waals surface area contributed by atoms with E-state index in [-0.39, 0.29) is 30.5 Å². The van der Waals surface area contributed by atoms with Gasteiger partial charge in [-0.3, -0.25) is 0 Å². The van der Waals surface area contributed by atoms with Crippen LogP contribution in [-0.4, -0.2) is 12.7 Å². The molecule has 310 valence electrons. The van der Waals surface area contributed by atoms with Crippen LogP contribution in [0.2, 0.25) is 0 Å². The largest absolute Gasteiger partial charge is 0.573 e. The predicted molar refractivity (Wildman–Crippen MR) is 212 cm³/mol. The highest BCUT2D eigenvalue weighted by molar-refractivity contribution is 7.26. The summed E-state index contributed by atoms with van der Waals surface area (Å²) in [6.45, 7) is 4.32. The Morgan fingerprint density at radius 3 is 1.50 bits per heavy atom. The lowest BCUT2D eigenvalue weighted by atomic mass is 9.77. The van der Waals surface area contributed by atoms with Crippen molar-refractivity contribution in [2.75, 3.05) is 0 Å². The van der Waals surface area contributed by atoms with Gasteiger partial charge < -0.3 is 9.47 Å². The molecule has 2 heterocycles. The maximum atomic E-state index is 15.3. The van der Waals surface area contributed by atoms with Crippen molar-refractivity contribution >= 4 is 68.6 Å². The molecule has 4 aromatic carbocycles. The van der Waals surface area contributed by atoms with E-state index < -0.39 is 41.7 Å². The summed E-state index contributed by atoms with van der Waals surface area (Å²) in [6, 6.07) is 11.5. The number of thiophene rings is 2. The summed E-state index contributed by atoms with van der Waals surface area (Å²) < 4.78 is 143. The van der Waals surface area contributed by atoms with Gasteiger partial charge >= 0.3 is 12.7 Å². The van der Waals surface area contributed by atoms with Crippen LogP contribution >= 0.6 is 22.7 Å². The van der Waals surface area contributed by atoms with Crippen molar-refractivity contribution in [3.8, 4) is 11.5 Å². The number of alkyl halides is 6. The molecule has 1 saturated carbocycles. The summed E-state index contributed by atoms with van der Waals surface area (Å²) in [6.07, 6.45) is 3.46. The van der Waals surface area contributed by atoms with E-state index in [1.807, 2.05) is 0 Å². The number of rotatable bonds is 8. The number of allylic oxidation sites excluding steroid dienone is 2. The van der Waals surface area contributed by atoms with Gasteiger partial charge in [0.1, 0.15) is 11.6 Å². The predicted octanol–water partition coefficient (Wildman–Crippen LogP) is 16.5. The van der Waals surface area contributed by atoms with Gasteiger partial charge in [0.05, 0.1) is 18.8 Å². The average Bonchev–Trinajstić information content (AvgIpc) is 3.75. The molecule has 1 unspecified atom stereocenters. The Morgan fingerprint density at radius 2 is 1.02 bits per heavy atom. The van der Waals surface area contributed by atoms with E-state index in [0.717, 1.165) is 105 Å². The second-order valence-corrected chi connectivity index (χ2v) is 17.2. The van der Waals surface area contributed by atoms with Crippen LogP contribution in [0.15, 0.2) is 54.6 Å². The maximum Gasteiger partial charge on any atom is 0.573 e. The van der Waals surface area contributed by atoms with E-state index in [1.165, 1.54) is 18.6 Å². The normalized spacial score (nSPS) is 19.1. The van der Waals surface area contributed by atoms with Crippen LogP contribution in [0.3, 0.4) is 0 Å². The molecule has 1 atom stereocenters. The Balaban J connectivity index is 0.000000177. The zero-order valence-electron chi connectivity index (χ0n) is 31.6. The second kappa shape index (κ2) is 16.9. The standard InChI is InChI=1S/C22H21F5OS.C22H19F5OS/c2*1-2-3-12-4-6-13(7-5-12)14-8-9-15-16-10-11-17(28-22(25,26)27)19(24)21(16)29-20(15)18(14)23/h8-13H,2-7H2,1H3;6,8-12H,2-5,7H2,1H3. The highest BCUT2D eigenvalue weighted by atomic mass is 32.1. The molecule has 0 saturated heterocycles. The zero-order valence-corrected chi connectivity index (χ0v) is 33.3. The lowest BCUT2D eigenvalue weighted by molar-refractivity contribution is -0.276. The smallest absolute Gasteiger partial charge is 0.403 e. The van der Waals surface area contributed by atoms with Gasteiger partial charge in [-0.2, -0.15) is 0 Å². The summed E-state index contributed by atoms with van der Waals surface area (Å²) in [5, 5.41) is 1.78. The van der Waals surface area contributed by atoms with Crippen LogP contribution in [0.5, 0.6) is 11.5 Å². The number of benzene rings is 4. The third kappa shape index (κ3) is 8.78. The molecule has 14 heteroatoms. The Labute approximate surface area is 336 Å². The zero-order chi connectivity index (χ0) is 41.5. The number of hydrogen-bond donors (Lipinski definition) is 0. The first-order valence-corrected chi connectivity index (χ1v) is 21.1. The van der Waals surface area contributed by atoms with Crippen molar-refractivity contribution in [3.05, 3.63) is 89.0 Å². The van der Waals surface area contributed by atoms with Crippen LogP contribution in [-0.2, 0) is 0 Å². The molecule has 58 heavy (non-hydrogen) atoms. The first-order valence-electron chi connectivity index (χ1n) is 19.4. The van der Waals surface area contributed by atoms with Gasteiger partial charge in [0.2, 0.25) is 0 Å². The van der Waals surface area contributed by atoms with Gasteiger partial charge in [-0.25, -0.2) is 17.6 Å². The lowest BCUT2D eigenvalue weighted by Gasteiger charge is -2.28. The van der Waals surface area contributed by atoms with Gasteiger partial charge in [-0.15, -0.1) is 49.0 Å². The third-order valence-corrected chi connectivity index (χ3v) is 13.7. The van der Waals surface area contributed by atoms with Gasteiger partial charge in [0, 0.05) is 27.1 Å². The van der Waals surface area contributed by atoms with E-state index in [0.29, 0.717) is 44.5 Å². The molecule has 2 aliphatic carbocycles. The van der Waals surface area contributed by atoms with Crippen molar-refractivity contribution in [2.45, 2.75) is 103 Å². The van der Waals surface area contributed by atoms with Crippen LogP contribution in [0.1, 0.15) is 102 Å². The monoisotopic (exact) mass is 854 g/mol. The maximum absolute atomic E-state index is 15.3. The van der Waals surface area contributed by atoms with Gasteiger partial charge in [-0.05, 0) is 98.1 Å². The molecular formula is C44H40F10O2S2. The molecule has 8 rings (SSSR count). The molecule has 2 aliphatic rings. The quantitative estimate of drug-likeness (QED) is 0.142. The van der Waals surface area contributed by atoms with Crippen LogP contribution < -0.4 is 9.47 Å². The summed E-state index contributed by atoms with van der Waals surface area (Å²) in [4.78, 5) is 0. The molecule has 2 nitrogen and oxygen atoms in total. The Hall–Kier alpha value is -4.04. The van der Waals surface area contributed by atoms with Crippen molar-refractivity contribution in [2.24, 2.45) is 11.8 Å². The van der Waals surface area contributed by atoms with Gasteiger partial charge in [0.15, 0.2) is 23.1 Å². The second-order valence-electron chi connectivity index (χ2n) is 15.1. The fraction of sp³-hybridized carbons (Fsp3) is 0.409. The highest BCUT2D eigenvalue weighted by Crippen LogP contribution is 2.46. The molecule has 0 aliphatic heterocycles. The Kier molecular flexibility index (Phi) is 12.3. The average molecular weight is 855 g/mol. The van der Waals surface area contributed by atoms with E-state index in [1.54, 1.807) is 24.3 Å².